The number of methoxy groups -OCH3 is 2. The Kier molecular flexibility index (Phi) is 5.54. The molecular formula is C14H20N2O5. The number of anilines is 1. The zero-order valence-corrected chi connectivity index (χ0v) is 12.5. The molecule has 1 rings (SSSR count). The number of benzene rings is 1. The molecule has 0 heterocycles. The van der Waals surface area contributed by atoms with Crippen molar-refractivity contribution in [3.63, 3.8) is 0 Å². The Morgan fingerprint density at radius 2 is 1.95 bits per heavy atom. The molecule has 0 aliphatic carbocycles. The van der Waals surface area contributed by atoms with Gasteiger partial charge in [0.1, 0.15) is 5.75 Å². The Balaban J connectivity index is 2.81. The molecule has 0 saturated carbocycles. The summed E-state index contributed by atoms with van der Waals surface area (Å²) in [5.41, 5.74) is -0.368. The van der Waals surface area contributed by atoms with Crippen molar-refractivity contribution in [3.8, 4) is 5.75 Å². The number of carbonyl (C=O) groups is 2. The molecule has 7 heteroatoms. The van der Waals surface area contributed by atoms with Crippen LogP contribution in [0.5, 0.6) is 5.75 Å². The van der Waals surface area contributed by atoms with Crippen molar-refractivity contribution in [3.05, 3.63) is 23.8 Å². The summed E-state index contributed by atoms with van der Waals surface area (Å²) < 4.78 is 10.2. The van der Waals surface area contributed by atoms with Gasteiger partial charge in [0.25, 0.3) is 0 Å². The fraction of sp³-hybridized carbons (Fsp3) is 0.429. The Labute approximate surface area is 123 Å². The summed E-state index contributed by atoms with van der Waals surface area (Å²) in [5, 5.41) is 14.2. The predicted octanol–water partition coefficient (Wildman–Crippen LogP) is 1.94. The third-order valence-electron chi connectivity index (χ3n) is 2.93. The molecule has 21 heavy (non-hydrogen) atoms. The zero-order valence-electron chi connectivity index (χ0n) is 12.5. The van der Waals surface area contributed by atoms with E-state index in [1.165, 1.54) is 25.3 Å². The number of rotatable bonds is 6. The van der Waals surface area contributed by atoms with Gasteiger partial charge >= 0.3 is 12.0 Å². The number of hydrogen-bond donors (Lipinski definition) is 3. The molecule has 3 N–H and O–H groups in total. The molecule has 0 aliphatic rings. The fourth-order valence-electron chi connectivity index (χ4n) is 1.47. The third-order valence-corrected chi connectivity index (χ3v) is 2.93. The van der Waals surface area contributed by atoms with Gasteiger partial charge in [0, 0.05) is 19.7 Å². The lowest BCUT2D eigenvalue weighted by Gasteiger charge is -2.23. The molecule has 2 amide bonds. The number of carbonyl (C=O) groups excluding carboxylic acids is 1. The maximum absolute atomic E-state index is 11.8. The fourth-order valence-corrected chi connectivity index (χ4v) is 1.47. The van der Waals surface area contributed by atoms with Crippen LogP contribution in [0, 0.1) is 0 Å². The summed E-state index contributed by atoms with van der Waals surface area (Å²) in [4.78, 5) is 23.0. The molecule has 0 unspecified atom stereocenters. The van der Waals surface area contributed by atoms with Crippen molar-refractivity contribution in [2.45, 2.75) is 19.4 Å². The second-order valence-corrected chi connectivity index (χ2v) is 4.99. The van der Waals surface area contributed by atoms with Crippen LogP contribution in [0.4, 0.5) is 10.5 Å². The molecule has 7 nitrogen and oxygen atoms in total. The van der Waals surface area contributed by atoms with Crippen LogP contribution < -0.4 is 15.4 Å². The molecule has 0 atom stereocenters. The van der Waals surface area contributed by atoms with E-state index in [0.717, 1.165) is 0 Å². The molecule has 0 aromatic heterocycles. The van der Waals surface area contributed by atoms with E-state index in [0.29, 0.717) is 5.75 Å². The molecule has 116 valence electrons. The first-order chi connectivity index (χ1) is 9.79. The summed E-state index contributed by atoms with van der Waals surface area (Å²) in [6.07, 6.45) is 0. The minimum atomic E-state index is -1.13. The van der Waals surface area contributed by atoms with Crippen molar-refractivity contribution in [1.29, 1.82) is 0 Å². The normalized spacial score (nSPS) is 10.9. The number of urea groups is 1. The SMILES string of the molecule is COc1ccc(C(=O)O)c(NC(=O)NCC(C)(C)OC)c1. The van der Waals surface area contributed by atoms with Crippen LogP contribution in [-0.2, 0) is 4.74 Å². The second-order valence-electron chi connectivity index (χ2n) is 4.99. The molecule has 0 saturated heterocycles. The monoisotopic (exact) mass is 296 g/mol. The Bertz CT molecular complexity index is 528. The van der Waals surface area contributed by atoms with Crippen LogP contribution >= 0.6 is 0 Å². The highest BCUT2D eigenvalue weighted by Gasteiger charge is 2.18. The standard InChI is InChI=1S/C14H20N2O5/c1-14(2,21-4)8-15-13(19)16-11-7-9(20-3)5-6-10(11)12(17)18/h5-7H,8H2,1-4H3,(H,17,18)(H2,15,16,19). The number of ether oxygens (including phenoxy) is 2. The van der Waals surface area contributed by atoms with E-state index >= 15 is 0 Å². The lowest BCUT2D eigenvalue weighted by atomic mass is 10.1. The minimum Gasteiger partial charge on any atom is -0.497 e. The van der Waals surface area contributed by atoms with E-state index in [1.807, 2.05) is 13.8 Å². The highest BCUT2D eigenvalue weighted by molar-refractivity contribution is 6.00. The predicted molar refractivity (Wildman–Crippen MR) is 78.1 cm³/mol. The quantitative estimate of drug-likeness (QED) is 0.745. The van der Waals surface area contributed by atoms with Gasteiger partial charge in [-0.3, -0.25) is 0 Å². The highest BCUT2D eigenvalue weighted by atomic mass is 16.5. The maximum Gasteiger partial charge on any atom is 0.337 e. The van der Waals surface area contributed by atoms with E-state index in [9.17, 15) is 9.59 Å². The second kappa shape index (κ2) is 6.94. The topological polar surface area (TPSA) is 96.9 Å². The zero-order chi connectivity index (χ0) is 16.0. The molecule has 1 aromatic carbocycles. The molecule has 0 fully saturated rings. The first-order valence-electron chi connectivity index (χ1n) is 6.30. The van der Waals surface area contributed by atoms with Gasteiger partial charge in [-0.05, 0) is 26.0 Å². The molecule has 0 bridgehead atoms. The number of nitrogens with one attached hydrogen (secondary N) is 2. The van der Waals surface area contributed by atoms with Crippen LogP contribution in [-0.4, -0.2) is 43.5 Å². The summed E-state index contributed by atoms with van der Waals surface area (Å²) in [5.74, 6) is -0.683. The largest absolute Gasteiger partial charge is 0.497 e. The molecule has 0 aliphatic heterocycles. The first kappa shape index (κ1) is 16.8. The average Bonchev–Trinajstić information content (AvgIpc) is 2.45. The number of aromatic carboxylic acids is 1. The van der Waals surface area contributed by atoms with Gasteiger partial charge in [-0.15, -0.1) is 0 Å². The Morgan fingerprint density at radius 1 is 1.29 bits per heavy atom. The van der Waals surface area contributed by atoms with Crippen molar-refractivity contribution in [1.82, 2.24) is 5.32 Å². The highest BCUT2D eigenvalue weighted by Crippen LogP contribution is 2.22. The van der Waals surface area contributed by atoms with E-state index in [-0.39, 0.29) is 17.8 Å². The molecule has 0 spiro atoms. The minimum absolute atomic E-state index is 0.0167. The smallest absolute Gasteiger partial charge is 0.337 e. The first-order valence-corrected chi connectivity index (χ1v) is 6.30. The van der Waals surface area contributed by atoms with Crippen LogP contribution in [0.25, 0.3) is 0 Å². The lowest BCUT2D eigenvalue weighted by Crippen LogP contribution is -2.41. The van der Waals surface area contributed by atoms with Gasteiger partial charge in [0.15, 0.2) is 0 Å². The maximum atomic E-state index is 11.8. The third kappa shape index (κ3) is 4.96. The van der Waals surface area contributed by atoms with E-state index in [1.54, 1.807) is 7.11 Å². The van der Waals surface area contributed by atoms with Crippen LogP contribution in [0.15, 0.2) is 18.2 Å². The Hall–Kier alpha value is -2.28. The van der Waals surface area contributed by atoms with Gasteiger partial charge in [-0.1, -0.05) is 0 Å². The van der Waals surface area contributed by atoms with E-state index < -0.39 is 17.6 Å². The van der Waals surface area contributed by atoms with Crippen molar-refractivity contribution in [2.75, 3.05) is 26.1 Å². The molecule has 1 aromatic rings. The van der Waals surface area contributed by atoms with E-state index in [4.69, 9.17) is 14.6 Å². The van der Waals surface area contributed by atoms with E-state index in [2.05, 4.69) is 10.6 Å². The molecular weight excluding hydrogens is 276 g/mol. The number of carboxylic acid groups (broad SMARTS) is 1. The van der Waals surface area contributed by atoms with Gasteiger partial charge in [-0.2, -0.15) is 0 Å². The van der Waals surface area contributed by atoms with Crippen molar-refractivity contribution < 1.29 is 24.2 Å². The summed E-state index contributed by atoms with van der Waals surface area (Å²) in [6.45, 7) is 3.92. The lowest BCUT2D eigenvalue weighted by molar-refractivity contribution is 0.0257. The summed E-state index contributed by atoms with van der Waals surface area (Å²) >= 11 is 0. The average molecular weight is 296 g/mol. The number of hydrogen-bond acceptors (Lipinski definition) is 4. The van der Waals surface area contributed by atoms with Crippen LogP contribution in [0.3, 0.4) is 0 Å². The van der Waals surface area contributed by atoms with Gasteiger partial charge < -0.3 is 25.2 Å². The summed E-state index contributed by atoms with van der Waals surface area (Å²) in [7, 11) is 3.00. The number of amides is 2. The Morgan fingerprint density at radius 3 is 2.48 bits per heavy atom. The van der Waals surface area contributed by atoms with Crippen molar-refractivity contribution >= 4 is 17.7 Å². The van der Waals surface area contributed by atoms with Gasteiger partial charge in [0.2, 0.25) is 0 Å². The number of carboxylic acids is 1. The van der Waals surface area contributed by atoms with Gasteiger partial charge in [-0.25, -0.2) is 9.59 Å². The van der Waals surface area contributed by atoms with Crippen molar-refractivity contribution in [2.24, 2.45) is 0 Å². The van der Waals surface area contributed by atoms with Gasteiger partial charge in [0.05, 0.1) is 24.0 Å². The summed E-state index contributed by atoms with van der Waals surface area (Å²) in [6, 6.07) is 3.82. The van der Waals surface area contributed by atoms with Crippen LogP contribution in [0.2, 0.25) is 0 Å². The molecule has 0 radical (unpaired) electrons. The van der Waals surface area contributed by atoms with Crippen LogP contribution in [0.1, 0.15) is 24.2 Å².